The van der Waals surface area contributed by atoms with E-state index < -0.39 is 0 Å². The third kappa shape index (κ3) is 3.24. The molecule has 4 heteroatoms. The number of hydrazine groups is 1. The summed E-state index contributed by atoms with van der Waals surface area (Å²) in [6.45, 7) is 1.80. The Balaban J connectivity index is 2.98. The number of rotatable bonds is 3. The molecule has 1 atom stereocenters. The molecule has 80 valence electrons. The van der Waals surface area contributed by atoms with E-state index in [-0.39, 0.29) is 6.04 Å². The summed E-state index contributed by atoms with van der Waals surface area (Å²) in [5, 5.41) is 0. The van der Waals surface area contributed by atoms with Crippen molar-refractivity contribution in [2.45, 2.75) is 19.4 Å². The Morgan fingerprint density at radius 1 is 1.53 bits per heavy atom. The van der Waals surface area contributed by atoms with Gasteiger partial charge in [0.1, 0.15) is 0 Å². The van der Waals surface area contributed by atoms with Crippen molar-refractivity contribution < 1.29 is 0 Å². The van der Waals surface area contributed by atoms with Crippen LogP contribution in [0.2, 0.25) is 0 Å². The number of nitrogen functional groups attached to an aromatic ring is 1. The van der Waals surface area contributed by atoms with Crippen LogP contribution in [0.3, 0.4) is 0 Å². The molecule has 1 aromatic carbocycles. The van der Waals surface area contributed by atoms with Gasteiger partial charge in [-0.3, -0.25) is 11.3 Å². The van der Waals surface area contributed by atoms with Gasteiger partial charge in [0.2, 0.25) is 0 Å². The summed E-state index contributed by atoms with van der Waals surface area (Å²) < 4.78 is 0.983. The number of nitrogens with one attached hydrogen (secondary N) is 1. The Hall–Kier alpha value is -1.02. The molecular formula is C11H14BrN3. The van der Waals surface area contributed by atoms with E-state index in [2.05, 4.69) is 33.2 Å². The minimum Gasteiger partial charge on any atom is -0.398 e. The molecule has 0 heterocycles. The van der Waals surface area contributed by atoms with Crippen LogP contribution in [0.1, 0.15) is 24.9 Å². The minimum atomic E-state index is -0.0325. The molecule has 0 amide bonds. The molecule has 5 N–H and O–H groups in total. The summed E-state index contributed by atoms with van der Waals surface area (Å²) in [6.07, 6.45) is 0.646. The predicted octanol–water partition coefficient (Wildman–Crippen LogP) is 1.95. The predicted molar refractivity (Wildman–Crippen MR) is 66.7 cm³/mol. The monoisotopic (exact) mass is 267 g/mol. The van der Waals surface area contributed by atoms with E-state index in [0.29, 0.717) is 6.42 Å². The third-order valence-corrected chi connectivity index (χ3v) is 2.60. The van der Waals surface area contributed by atoms with Gasteiger partial charge in [-0.1, -0.05) is 15.9 Å². The highest BCUT2D eigenvalue weighted by Crippen LogP contribution is 2.25. The standard InChI is InChI=1S/C11H14BrN3/c1-2-3-4-11(15-14)9-7-8(12)5-6-10(9)13/h5-7,11,15H,4,13-14H2,1H3. The van der Waals surface area contributed by atoms with Crippen molar-refractivity contribution in [3.63, 3.8) is 0 Å². The zero-order valence-electron chi connectivity index (χ0n) is 8.55. The first-order chi connectivity index (χ1) is 7.19. The summed E-state index contributed by atoms with van der Waals surface area (Å²) >= 11 is 3.40. The highest BCUT2D eigenvalue weighted by atomic mass is 79.9. The van der Waals surface area contributed by atoms with Gasteiger partial charge in [-0.15, -0.1) is 11.8 Å². The zero-order chi connectivity index (χ0) is 11.3. The Labute approximate surface area is 98.3 Å². The molecule has 0 saturated heterocycles. The lowest BCUT2D eigenvalue weighted by Crippen LogP contribution is -2.28. The lowest BCUT2D eigenvalue weighted by Gasteiger charge is -2.16. The summed E-state index contributed by atoms with van der Waals surface area (Å²) in [7, 11) is 0. The maximum atomic E-state index is 5.87. The van der Waals surface area contributed by atoms with Crippen molar-refractivity contribution in [3.05, 3.63) is 28.2 Å². The number of halogens is 1. The van der Waals surface area contributed by atoms with Crippen LogP contribution in [0.4, 0.5) is 5.69 Å². The molecule has 15 heavy (non-hydrogen) atoms. The van der Waals surface area contributed by atoms with Gasteiger partial charge in [-0.2, -0.15) is 0 Å². The average molecular weight is 268 g/mol. The summed E-state index contributed by atoms with van der Waals surface area (Å²) in [6, 6.07) is 5.67. The lowest BCUT2D eigenvalue weighted by molar-refractivity contribution is 0.569. The first-order valence-electron chi connectivity index (χ1n) is 4.59. The van der Waals surface area contributed by atoms with E-state index in [9.17, 15) is 0 Å². The third-order valence-electron chi connectivity index (χ3n) is 2.11. The van der Waals surface area contributed by atoms with Gasteiger partial charge in [-0.05, 0) is 30.7 Å². The van der Waals surface area contributed by atoms with Crippen LogP contribution < -0.4 is 17.0 Å². The fourth-order valence-electron chi connectivity index (χ4n) is 1.31. The molecule has 0 spiro atoms. The second-order valence-electron chi connectivity index (χ2n) is 3.12. The fourth-order valence-corrected chi connectivity index (χ4v) is 1.69. The van der Waals surface area contributed by atoms with Crippen molar-refractivity contribution in [3.8, 4) is 11.8 Å². The van der Waals surface area contributed by atoms with E-state index in [1.165, 1.54) is 0 Å². The molecule has 1 rings (SSSR count). The number of hydrogen-bond donors (Lipinski definition) is 3. The van der Waals surface area contributed by atoms with Crippen LogP contribution in [-0.4, -0.2) is 0 Å². The normalized spacial score (nSPS) is 11.7. The Morgan fingerprint density at radius 2 is 2.27 bits per heavy atom. The smallest absolute Gasteiger partial charge is 0.0589 e. The molecular weight excluding hydrogens is 254 g/mol. The van der Waals surface area contributed by atoms with Gasteiger partial charge in [0.25, 0.3) is 0 Å². The van der Waals surface area contributed by atoms with Crippen LogP contribution >= 0.6 is 15.9 Å². The molecule has 0 aliphatic rings. The van der Waals surface area contributed by atoms with Crippen molar-refractivity contribution in [1.29, 1.82) is 0 Å². The number of anilines is 1. The van der Waals surface area contributed by atoms with Gasteiger partial charge in [0.05, 0.1) is 6.04 Å². The molecule has 0 aliphatic heterocycles. The number of hydrogen-bond acceptors (Lipinski definition) is 3. The molecule has 1 unspecified atom stereocenters. The topological polar surface area (TPSA) is 64.1 Å². The van der Waals surface area contributed by atoms with Gasteiger partial charge >= 0.3 is 0 Å². The number of benzene rings is 1. The molecule has 0 fully saturated rings. The zero-order valence-corrected chi connectivity index (χ0v) is 10.1. The van der Waals surface area contributed by atoms with Crippen molar-refractivity contribution in [1.82, 2.24) is 5.43 Å². The largest absolute Gasteiger partial charge is 0.398 e. The average Bonchev–Trinajstić information content (AvgIpc) is 2.24. The van der Waals surface area contributed by atoms with Gasteiger partial charge in [0, 0.05) is 16.6 Å². The summed E-state index contributed by atoms with van der Waals surface area (Å²) in [5.41, 5.74) is 10.3. The second-order valence-corrected chi connectivity index (χ2v) is 4.04. The van der Waals surface area contributed by atoms with Crippen molar-refractivity contribution in [2.75, 3.05) is 5.73 Å². The van der Waals surface area contributed by atoms with E-state index in [1.54, 1.807) is 6.92 Å². The first-order valence-corrected chi connectivity index (χ1v) is 5.39. The maximum Gasteiger partial charge on any atom is 0.0589 e. The Morgan fingerprint density at radius 3 is 2.87 bits per heavy atom. The Kier molecular flexibility index (Phi) is 4.63. The van der Waals surface area contributed by atoms with Crippen molar-refractivity contribution >= 4 is 21.6 Å². The van der Waals surface area contributed by atoms with E-state index >= 15 is 0 Å². The second kappa shape index (κ2) is 5.76. The number of nitrogens with two attached hydrogens (primary N) is 2. The Bertz CT molecular complexity index is 393. The summed E-state index contributed by atoms with van der Waals surface area (Å²) in [5.74, 6) is 11.3. The fraction of sp³-hybridized carbons (Fsp3) is 0.273. The van der Waals surface area contributed by atoms with Gasteiger partial charge < -0.3 is 5.73 Å². The van der Waals surface area contributed by atoms with E-state index in [0.717, 1.165) is 15.7 Å². The quantitative estimate of drug-likeness (QED) is 0.340. The molecule has 0 aromatic heterocycles. The molecule has 3 nitrogen and oxygen atoms in total. The van der Waals surface area contributed by atoms with Gasteiger partial charge in [-0.25, -0.2) is 0 Å². The lowest BCUT2D eigenvalue weighted by atomic mass is 10.0. The van der Waals surface area contributed by atoms with Crippen LogP contribution in [0.5, 0.6) is 0 Å². The highest BCUT2D eigenvalue weighted by Gasteiger charge is 2.11. The SMILES string of the molecule is CC#CCC(NN)c1cc(Br)ccc1N. The molecule has 0 radical (unpaired) electrons. The molecule has 0 aliphatic carbocycles. The molecule has 1 aromatic rings. The van der Waals surface area contributed by atoms with E-state index in [1.807, 2.05) is 18.2 Å². The van der Waals surface area contributed by atoms with Crippen LogP contribution in [0.15, 0.2) is 22.7 Å². The van der Waals surface area contributed by atoms with Crippen LogP contribution in [-0.2, 0) is 0 Å². The van der Waals surface area contributed by atoms with Gasteiger partial charge in [0.15, 0.2) is 0 Å². The van der Waals surface area contributed by atoms with E-state index in [4.69, 9.17) is 11.6 Å². The van der Waals surface area contributed by atoms with Crippen molar-refractivity contribution in [2.24, 2.45) is 5.84 Å². The first kappa shape index (κ1) is 12.1. The maximum absolute atomic E-state index is 5.87. The molecule has 0 bridgehead atoms. The summed E-state index contributed by atoms with van der Waals surface area (Å²) in [4.78, 5) is 0. The molecule has 0 saturated carbocycles. The van der Waals surface area contributed by atoms with Crippen LogP contribution in [0.25, 0.3) is 0 Å². The minimum absolute atomic E-state index is 0.0325. The van der Waals surface area contributed by atoms with Crippen LogP contribution in [0, 0.1) is 11.8 Å². The highest BCUT2D eigenvalue weighted by molar-refractivity contribution is 9.10.